The van der Waals surface area contributed by atoms with E-state index < -0.39 is 0 Å². The highest BCUT2D eigenvalue weighted by atomic mass is 16.5. The molecule has 1 aliphatic heterocycles. The van der Waals surface area contributed by atoms with E-state index in [1.165, 1.54) is 19.3 Å². The first-order chi connectivity index (χ1) is 9.19. The van der Waals surface area contributed by atoms with Crippen molar-refractivity contribution in [3.8, 4) is 0 Å². The number of nitrogens with one attached hydrogen (secondary N) is 1. The van der Waals surface area contributed by atoms with Crippen molar-refractivity contribution in [1.82, 2.24) is 10.3 Å². The number of hydrazine groups is 1. The molecule has 0 aromatic heterocycles. The molecule has 0 aromatic carbocycles. The molecule has 19 heavy (non-hydrogen) atoms. The third kappa shape index (κ3) is 6.04. The fourth-order valence-electron chi connectivity index (χ4n) is 2.62. The maximum atomic E-state index is 5.89. The summed E-state index contributed by atoms with van der Waals surface area (Å²) >= 11 is 0. The fraction of sp³-hybridized carbons (Fsp3) is 0.867. The topological polar surface area (TPSA) is 50.5 Å². The van der Waals surface area contributed by atoms with Gasteiger partial charge in [0.1, 0.15) is 0 Å². The number of allylic oxidation sites excluding steroid dienone is 1. The monoisotopic (exact) mass is 269 g/mol. The smallest absolute Gasteiger partial charge is 0.0868 e. The minimum Gasteiger partial charge on any atom is -0.374 e. The Kier molecular flexibility index (Phi) is 8.30. The normalized spacial score (nSPS) is 22.6. The van der Waals surface area contributed by atoms with Gasteiger partial charge < -0.3 is 4.74 Å². The highest BCUT2D eigenvalue weighted by molar-refractivity contribution is 4.83. The molecule has 1 heterocycles. The zero-order valence-corrected chi connectivity index (χ0v) is 12.6. The predicted octanol–water partition coefficient (Wildman–Crippen LogP) is 2.06. The van der Waals surface area contributed by atoms with Gasteiger partial charge in [0.2, 0.25) is 0 Å². The molecule has 0 amide bonds. The number of nitrogens with two attached hydrogens (primary N) is 1. The number of morpholine rings is 1. The molecule has 4 heteroatoms. The van der Waals surface area contributed by atoms with Gasteiger partial charge in [0.05, 0.1) is 12.7 Å². The molecular formula is C15H31N3O. The van der Waals surface area contributed by atoms with E-state index in [2.05, 4.69) is 30.8 Å². The molecule has 0 saturated carbocycles. The van der Waals surface area contributed by atoms with Gasteiger partial charge in [-0.3, -0.25) is 16.2 Å². The molecule has 0 radical (unpaired) electrons. The molecule has 0 aliphatic carbocycles. The Morgan fingerprint density at radius 2 is 2.21 bits per heavy atom. The Bertz CT molecular complexity index is 246. The second-order valence-corrected chi connectivity index (χ2v) is 5.70. The second kappa shape index (κ2) is 9.48. The van der Waals surface area contributed by atoms with Crippen molar-refractivity contribution < 1.29 is 4.74 Å². The van der Waals surface area contributed by atoms with Crippen LogP contribution in [0.1, 0.15) is 46.0 Å². The van der Waals surface area contributed by atoms with Crippen molar-refractivity contribution >= 4 is 0 Å². The lowest BCUT2D eigenvalue weighted by molar-refractivity contribution is -0.0568. The van der Waals surface area contributed by atoms with Crippen LogP contribution < -0.4 is 11.3 Å². The maximum absolute atomic E-state index is 5.89. The standard InChI is InChI=1S/C15H31N3O/c1-4-5-6-7-8-9-14(17-16)15-12-18(13(2)3)10-11-19-15/h4,13-15,17H,1,5-12,16H2,2-3H3. The van der Waals surface area contributed by atoms with E-state index in [9.17, 15) is 0 Å². The SMILES string of the molecule is C=CCCCCCC(NN)C1CN(C(C)C)CCO1. The molecule has 2 unspecified atom stereocenters. The van der Waals surface area contributed by atoms with Crippen LogP contribution in [0.25, 0.3) is 0 Å². The molecule has 0 spiro atoms. The van der Waals surface area contributed by atoms with Crippen LogP contribution >= 0.6 is 0 Å². The van der Waals surface area contributed by atoms with E-state index in [1.807, 2.05) is 6.08 Å². The Morgan fingerprint density at radius 1 is 1.42 bits per heavy atom. The van der Waals surface area contributed by atoms with Gasteiger partial charge in [-0.1, -0.05) is 18.9 Å². The highest BCUT2D eigenvalue weighted by Gasteiger charge is 2.28. The molecule has 1 rings (SSSR count). The molecule has 1 aliphatic rings. The van der Waals surface area contributed by atoms with Crippen molar-refractivity contribution in [1.29, 1.82) is 0 Å². The average Bonchev–Trinajstić information content (AvgIpc) is 2.43. The quantitative estimate of drug-likeness (QED) is 0.291. The summed E-state index contributed by atoms with van der Waals surface area (Å²) in [6.07, 6.45) is 8.08. The predicted molar refractivity (Wildman–Crippen MR) is 80.8 cm³/mol. The molecule has 0 aromatic rings. The van der Waals surface area contributed by atoms with Gasteiger partial charge in [-0.15, -0.1) is 6.58 Å². The first-order valence-corrected chi connectivity index (χ1v) is 7.61. The van der Waals surface area contributed by atoms with Gasteiger partial charge in [-0.25, -0.2) is 0 Å². The summed E-state index contributed by atoms with van der Waals surface area (Å²) in [4.78, 5) is 2.47. The van der Waals surface area contributed by atoms with E-state index in [0.717, 1.165) is 32.5 Å². The molecule has 0 bridgehead atoms. The lowest BCUT2D eigenvalue weighted by Crippen LogP contribution is -2.55. The number of nitrogens with zero attached hydrogens (tertiary/aromatic N) is 1. The third-order valence-electron chi connectivity index (χ3n) is 3.94. The summed E-state index contributed by atoms with van der Waals surface area (Å²) < 4.78 is 5.89. The Hall–Kier alpha value is -0.420. The number of hydrogen-bond acceptors (Lipinski definition) is 4. The van der Waals surface area contributed by atoms with Crippen LogP contribution in [-0.4, -0.2) is 42.8 Å². The summed E-state index contributed by atoms with van der Waals surface area (Å²) in [6, 6.07) is 0.850. The molecule has 2 atom stereocenters. The van der Waals surface area contributed by atoms with Crippen molar-refractivity contribution in [2.24, 2.45) is 5.84 Å². The van der Waals surface area contributed by atoms with Gasteiger partial charge in [-0.2, -0.15) is 0 Å². The molecule has 4 nitrogen and oxygen atoms in total. The highest BCUT2D eigenvalue weighted by Crippen LogP contribution is 2.16. The van der Waals surface area contributed by atoms with E-state index >= 15 is 0 Å². The summed E-state index contributed by atoms with van der Waals surface area (Å²) in [6.45, 7) is 11.1. The lowest BCUT2D eigenvalue weighted by Gasteiger charge is -2.38. The lowest BCUT2D eigenvalue weighted by atomic mass is 10.0. The van der Waals surface area contributed by atoms with Gasteiger partial charge in [-0.05, 0) is 33.1 Å². The minimum atomic E-state index is 0.223. The molecule has 1 fully saturated rings. The number of hydrogen-bond donors (Lipinski definition) is 2. The molecular weight excluding hydrogens is 238 g/mol. The summed E-state index contributed by atoms with van der Waals surface area (Å²) in [5.74, 6) is 5.70. The van der Waals surface area contributed by atoms with Crippen LogP contribution in [0.3, 0.4) is 0 Å². The first-order valence-electron chi connectivity index (χ1n) is 7.61. The third-order valence-corrected chi connectivity index (χ3v) is 3.94. The van der Waals surface area contributed by atoms with Crippen LogP contribution in [0.4, 0.5) is 0 Å². The number of unbranched alkanes of at least 4 members (excludes halogenated alkanes) is 3. The Morgan fingerprint density at radius 3 is 2.84 bits per heavy atom. The summed E-state index contributed by atoms with van der Waals surface area (Å²) in [5.41, 5.74) is 2.95. The van der Waals surface area contributed by atoms with Crippen LogP contribution in [0, 0.1) is 0 Å². The van der Waals surface area contributed by atoms with Crippen LogP contribution in [0.2, 0.25) is 0 Å². The van der Waals surface area contributed by atoms with Gasteiger partial charge in [0.25, 0.3) is 0 Å². The average molecular weight is 269 g/mol. The zero-order valence-electron chi connectivity index (χ0n) is 12.6. The van der Waals surface area contributed by atoms with Gasteiger partial charge in [0, 0.05) is 25.2 Å². The van der Waals surface area contributed by atoms with E-state index in [-0.39, 0.29) is 12.1 Å². The van der Waals surface area contributed by atoms with E-state index in [4.69, 9.17) is 10.6 Å². The van der Waals surface area contributed by atoms with Crippen molar-refractivity contribution in [3.05, 3.63) is 12.7 Å². The molecule has 112 valence electrons. The first kappa shape index (κ1) is 16.6. The van der Waals surface area contributed by atoms with Crippen LogP contribution in [0.5, 0.6) is 0 Å². The van der Waals surface area contributed by atoms with Crippen molar-refractivity contribution in [3.63, 3.8) is 0 Å². The van der Waals surface area contributed by atoms with Gasteiger partial charge >= 0.3 is 0 Å². The number of rotatable bonds is 9. The van der Waals surface area contributed by atoms with E-state index in [1.54, 1.807) is 0 Å². The van der Waals surface area contributed by atoms with Crippen LogP contribution in [-0.2, 0) is 4.74 Å². The Labute approximate surface area is 118 Å². The fourth-order valence-corrected chi connectivity index (χ4v) is 2.62. The largest absolute Gasteiger partial charge is 0.374 e. The Balaban J connectivity index is 2.30. The zero-order chi connectivity index (χ0) is 14.1. The van der Waals surface area contributed by atoms with Crippen molar-refractivity contribution in [2.45, 2.75) is 64.1 Å². The van der Waals surface area contributed by atoms with E-state index in [0.29, 0.717) is 6.04 Å². The van der Waals surface area contributed by atoms with Crippen molar-refractivity contribution in [2.75, 3.05) is 19.7 Å². The molecule has 3 N–H and O–H groups in total. The molecule has 1 saturated heterocycles. The summed E-state index contributed by atoms with van der Waals surface area (Å²) in [5, 5.41) is 0. The summed E-state index contributed by atoms with van der Waals surface area (Å²) in [7, 11) is 0. The minimum absolute atomic E-state index is 0.223. The van der Waals surface area contributed by atoms with Gasteiger partial charge in [0.15, 0.2) is 0 Å². The second-order valence-electron chi connectivity index (χ2n) is 5.70. The van der Waals surface area contributed by atoms with Crippen LogP contribution in [0.15, 0.2) is 12.7 Å². The maximum Gasteiger partial charge on any atom is 0.0868 e. The number of ether oxygens (including phenoxy) is 1.